The van der Waals surface area contributed by atoms with E-state index in [0.29, 0.717) is 0 Å². The molecule has 0 radical (unpaired) electrons. The molecule has 0 fully saturated rings. The first-order valence-corrected chi connectivity index (χ1v) is 4.25. The number of nitrogens with zero attached hydrogens (tertiary/aromatic N) is 1. The van der Waals surface area contributed by atoms with Crippen LogP contribution in [-0.4, -0.2) is 12.3 Å². The minimum Gasteiger partial charge on any atom is -0.269 e. The fourth-order valence-corrected chi connectivity index (χ4v) is 1.10. The van der Waals surface area contributed by atoms with E-state index in [-0.39, 0.29) is 0 Å². The third kappa shape index (κ3) is 2.75. The predicted molar refractivity (Wildman–Crippen MR) is 50.9 cm³/mol. The highest BCUT2D eigenvalue weighted by atomic mass is 14.7. The number of rotatable bonds is 3. The molecule has 58 valence electrons. The molecule has 1 aromatic rings. The van der Waals surface area contributed by atoms with Crippen molar-refractivity contribution in [2.75, 3.05) is 0 Å². The third-order valence-corrected chi connectivity index (χ3v) is 1.73. The van der Waals surface area contributed by atoms with Gasteiger partial charge in [-0.3, -0.25) is 4.98 Å². The zero-order valence-corrected chi connectivity index (χ0v) is 7.30. The molecule has 0 saturated heterocycles. The highest BCUT2D eigenvalue weighted by Gasteiger charge is 1.94. The van der Waals surface area contributed by atoms with Crippen LogP contribution >= 0.6 is 0 Å². The number of pyridine rings is 1. The Hall–Kier alpha value is -0.785. The van der Waals surface area contributed by atoms with Crippen molar-refractivity contribution in [2.24, 2.45) is 0 Å². The molecule has 0 aromatic carbocycles. The van der Waals surface area contributed by atoms with E-state index in [2.05, 4.69) is 24.0 Å². The zero-order chi connectivity index (χ0) is 8.10. The van der Waals surface area contributed by atoms with E-state index in [4.69, 9.17) is 0 Å². The zero-order valence-electron chi connectivity index (χ0n) is 7.30. The monoisotopic (exact) mass is 147 g/mol. The van der Waals surface area contributed by atoms with E-state index in [9.17, 15) is 0 Å². The molecular weight excluding hydrogens is 133 g/mol. The second kappa shape index (κ2) is 4.17. The summed E-state index contributed by atoms with van der Waals surface area (Å²) in [4.78, 5) is 4.41. The lowest BCUT2D eigenvalue weighted by Crippen LogP contribution is -2.17. The molecule has 1 heterocycles. The summed E-state index contributed by atoms with van der Waals surface area (Å²) < 4.78 is 0. The van der Waals surface area contributed by atoms with Gasteiger partial charge in [0.25, 0.3) is 0 Å². The van der Waals surface area contributed by atoms with Gasteiger partial charge in [-0.1, -0.05) is 31.8 Å². The summed E-state index contributed by atoms with van der Waals surface area (Å²) in [6.07, 6.45) is 2.49. The number of hydrogen-bond acceptors (Lipinski definition) is 1. The first-order chi connectivity index (χ1) is 5.33. The van der Waals surface area contributed by atoms with Crippen molar-refractivity contribution in [1.82, 2.24) is 4.98 Å². The van der Waals surface area contributed by atoms with E-state index in [1.807, 2.05) is 13.0 Å². The third-order valence-electron chi connectivity index (χ3n) is 1.73. The van der Waals surface area contributed by atoms with Crippen molar-refractivity contribution < 1.29 is 0 Å². The van der Waals surface area contributed by atoms with E-state index in [1.165, 1.54) is 18.3 Å². The molecule has 0 bridgehead atoms. The van der Waals surface area contributed by atoms with Gasteiger partial charge in [0.1, 0.15) is 0 Å². The van der Waals surface area contributed by atoms with Crippen LogP contribution in [0.1, 0.15) is 19.0 Å². The summed E-state index contributed by atoms with van der Waals surface area (Å²) in [5.41, 5.74) is 2.35. The lowest BCUT2D eigenvalue weighted by molar-refractivity contribution is 1.07. The van der Waals surface area contributed by atoms with E-state index < -0.39 is 0 Å². The molecule has 0 aliphatic rings. The van der Waals surface area contributed by atoms with Gasteiger partial charge in [-0.05, 0) is 18.6 Å². The van der Waals surface area contributed by atoms with Gasteiger partial charge in [0.15, 0.2) is 7.28 Å². The highest BCUT2D eigenvalue weighted by molar-refractivity contribution is 6.52. The van der Waals surface area contributed by atoms with Crippen LogP contribution < -0.4 is 5.59 Å². The van der Waals surface area contributed by atoms with Gasteiger partial charge in [0.05, 0.1) is 0 Å². The minimum absolute atomic E-state index is 1.12. The van der Waals surface area contributed by atoms with Gasteiger partial charge in [-0.15, -0.1) is 0 Å². The summed E-state index contributed by atoms with van der Waals surface area (Å²) >= 11 is 0. The fourth-order valence-electron chi connectivity index (χ4n) is 1.10. The highest BCUT2D eigenvalue weighted by Crippen LogP contribution is 1.89. The Morgan fingerprint density at radius 1 is 1.45 bits per heavy atom. The van der Waals surface area contributed by atoms with Crippen molar-refractivity contribution in [1.29, 1.82) is 0 Å². The van der Waals surface area contributed by atoms with E-state index >= 15 is 0 Å². The maximum absolute atomic E-state index is 4.41. The van der Waals surface area contributed by atoms with Gasteiger partial charge in [-0.25, -0.2) is 0 Å². The van der Waals surface area contributed by atoms with Crippen molar-refractivity contribution >= 4 is 12.9 Å². The Balaban J connectivity index is 2.56. The molecule has 0 saturated carbocycles. The smallest absolute Gasteiger partial charge is 0.182 e. The molecule has 1 aromatic heterocycles. The lowest BCUT2D eigenvalue weighted by Gasteiger charge is -1.97. The van der Waals surface area contributed by atoms with E-state index in [0.717, 1.165) is 13.0 Å². The summed E-state index contributed by atoms with van der Waals surface area (Å²) in [7, 11) is 1.12. The second-order valence-electron chi connectivity index (χ2n) is 2.87. The van der Waals surface area contributed by atoms with Crippen LogP contribution in [0.15, 0.2) is 18.2 Å². The van der Waals surface area contributed by atoms with Crippen molar-refractivity contribution in [3.63, 3.8) is 0 Å². The molecule has 0 spiro atoms. The summed E-state index contributed by atoms with van der Waals surface area (Å²) in [5, 5.41) is 0. The largest absolute Gasteiger partial charge is 0.269 e. The normalized spacial score (nSPS) is 9.64. The van der Waals surface area contributed by atoms with Crippen LogP contribution in [0.4, 0.5) is 0 Å². The van der Waals surface area contributed by atoms with Gasteiger partial charge < -0.3 is 0 Å². The topological polar surface area (TPSA) is 12.9 Å². The SMILES string of the molecule is CCCBc1cccc(C)n1. The Labute approximate surface area is 69.1 Å². The number of aryl methyl sites for hydroxylation is 1. The average molecular weight is 147 g/mol. The van der Waals surface area contributed by atoms with E-state index in [1.54, 1.807) is 0 Å². The second-order valence-corrected chi connectivity index (χ2v) is 2.87. The molecule has 0 aliphatic heterocycles. The summed E-state index contributed by atoms with van der Waals surface area (Å²) in [6.45, 7) is 4.24. The molecule has 0 amide bonds. The van der Waals surface area contributed by atoms with Crippen molar-refractivity contribution in [3.05, 3.63) is 23.9 Å². The summed E-state index contributed by atoms with van der Waals surface area (Å²) in [6, 6.07) is 6.21. The molecule has 11 heavy (non-hydrogen) atoms. The Morgan fingerprint density at radius 2 is 2.27 bits per heavy atom. The van der Waals surface area contributed by atoms with Crippen molar-refractivity contribution in [2.45, 2.75) is 26.6 Å². The standard InChI is InChI=1S/C9H14BN/c1-3-7-10-9-6-4-5-8(2)11-9/h4-6,10H,3,7H2,1-2H3. The number of hydrogen-bond donors (Lipinski definition) is 0. The Kier molecular flexibility index (Phi) is 3.15. The fraction of sp³-hybridized carbons (Fsp3) is 0.444. The van der Waals surface area contributed by atoms with Crippen LogP contribution in [-0.2, 0) is 0 Å². The maximum atomic E-state index is 4.41. The molecule has 1 rings (SSSR count). The maximum Gasteiger partial charge on any atom is 0.182 e. The van der Waals surface area contributed by atoms with Gasteiger partial charge >= 0.3 is 0 Å². The quantitative estimate of drug-likeness (QED) is 0.587. The van der Waals surface area contributed by atoms with Crippen LogP contribution in [0, 0.1) is 6.92 Å². The number of aromatic nitrogens is 1. The first-order valence-electron chi connectivity index (χ1n) is 4.25. The predicted octanol–water partition coefficient (Wildman–Crippen LogP) is 1.28. The minimum atomic E-state index is 1.12. The van der Waals surface area contributed by atoms with Gasteiger partial charge in [0.2, 0.25) is 0 Å². The Morgan fingerprint density at radius 3 is 2.91 bits per heavy atom. The van der Waals surface area contributed by atoms with Gasteiger partial charge in [0, 0.05) is 5.69 Å². The molecule has 0 N–H and O–H groups in total. The molecule has 0 unspecified atom stereocenters. The van der Waals surface area contributed by atoms with Crippen LogP contribution in [0.25, 0.3) is 0 Å². The van der Waals surface area contributed by atoms with Crippen molar-refractivity contribution in [3.8, 4) is 0 Å². The first kappa shape index (κ1) is 8.31. The molecular formula is C9H14BN. The van der Waals surface area contributed by atoms with Crippen LogP contribution in [0.5, 0.6) is 0 Å². The van der Waals surface area contributed by atoms with Gasteiger partial charge in [-0.2, -0.15) is 0 Å². The Bertz CT molecular complexity index is 223. The summed E-state index contributed by atoms with van der Waals surface area (Å²) in [5.74, 6) is 0. The average Bonchev–Trinajstić information content (AvgIpc) is 2.01. The van der Waals surface area contributed by atoms with Crippen LogP contribution in [0.2, 0.25) is 6.32 Å². The molecule has 2 heteroatoms. The molecule has 0 atom stereocenters. The molecule has 0 aliphatic carbocycles. The lowest BCUT2D eigenvalue weighted by atomic mass is 9.70. The van der Waals surface area contributed by atoms with Crippen LogP contribution in [0.3, 0.4) is 0 Å². The molecule has 1 nitrogen and oxygen atoms in total.